The van der Waals surface area contributed by atoms with Crippen LogP contribution in [0.1, 0.15) is 24.3 Å². The second kappa shape index (κ2) is 6.74. The van der Waals surface area contributed by atoms with Gasteiger partial charge in [0.25, 0.3) is 10.1 Å². The van der Waals surface area contributed by atoms with E-state index in [1.807, 2.05) is 0 Å². The molecule has 96 valence electrons. The molecule has 0 unspecified atom stereocenters. The fourth-order valence-corrected chi connectivity index (χ4v) is 1.82. The summed E-state index contributed by atoms with van der Waals surface area (Å²) in [6.45, 7) is -0.559. The topological polar surface area (TPSA) is 52.6 Å². The van der Waals surface area contributed by atoms with Crippen LogP contribution in [0.2, 0.25) is 0 Å². The molecule has 0 saturated heterocycles. The molecule has 0 amide bonds. The molecular formula is C12H18O4S. The van der Waals surface area contributed by atoms with Crippen LogP contribution in [-0.2, 0) is 19.0 Å². The number of benzene rings is 1. The van der Waals surface area contributed by atoms with Crippen LogP contribution in [0.15, 0.2) is 29.2 Å². The molecule has 0 aliphatic carbocycles. The number of hydrogen-bond donors (Lipinski definition) is 0. The minimum Gasteiger partial charge on any atom is -0.379 e. The van der Waals surface area contributed by atoms with E-state index in [4.69, 9.17) is 10.2 Å². The summed E-state index contributed by atoms with van der Waals surface area (Å²) in [5.41, 5.74) is 0.866. The molecule has 17 heavy (non-hydrogen) atoms. The highest BCUT2D eigenvalue weighted by atomic mass is 32.2. The first-order valence-corrected chi connectivity index (χ1v) is 6.42. The monoisotopic (exact) mass is 262 g/mol. The summed E-state index contributed by atoms with van der Waals surface area (Å²) in [7, 11) is -4.25. The van der Waals surface area contributed by atoms with Gasteiger partial charge in [0, 0.05) is 9.35 Å². The molecule has 4 nitrogen and oxygen atoms in total. The minimum absolute atomic E-state index is 0.150. The number of hydrogen-bond acceptors (Lipinski definition) is 4. The van der Waals surface area contributed by atoms with Crippen molar-refractivity contribution in [2.75, 3.05) is 19.8 Å². The Morgan fingerprint density at radius 1 is 1.24 bits per heavy atom. The third kappa shape index (κ3) is 4.85. The van der Waals surface area contributed by atoms with Crippen molar-refractivity contribution in [3.8, 4) is 0 Å². The summed E-state index contributed by atoms with van der Waals surface area (Å²) in [6.07, 6.45) is -1.63. The lowest BCUT2D eigenvalue weighted by molar-refractivity contribution is 0.103. The predicted octanol–water partition coefficient (Wildman–Crippen LogP) is 2.13. The van der Waals surface area contributed by atoms with Crippen molar-refractivity contribution in [3.63, 3.8) is 0 Å². The van der Waals surface area contributed by atoms with Crippen molar-refractivity contribution in [2.24, 2.45) is 0 Å². The van der Waals surface area contributed by atoms with E-state index in [1.54, 1.807) is 19.1 Å². The molecule has 0 spiro atoms. The molecule has 0 aromatic heterocycles. The Bertz CT molecular complexity index is 564. The highest BCUT2D eigenvalue weighted by molar-refractivity contribution is 7.86. The van der Waals surface area contributed by atoms with E-state index in [0.717, 1.165) is 5.56 Å². The highest BCUT2D eigenvalue weighted by Crippen LogP contribution is 2.12. The molecule has 1 aromatic carbocycles. The van der Waals surface area contributed by atoms with E-state index < -0.39 is 29.7 Å². The van der Waals surface area contributed by atoms with E-state index in [2.05, 4.69) is 4.18 Å². The third-order valence-corrected chi connectivity index (χ3v) is 3.07. The summed E-state index contributed by atoms with van der Waals surface area (Å²) >= 11 is 0. The lowest BCUT2D eigenvalue weighted by atomic mass is 10.2. The van der Waals surface area contributed by atoms with Crippen LogP contribution in [0.3, 0.4) is 0 Å². The van der Waals surface area contributed by atoms with Crippen molar-refractivity contribution in [1.82, 2.24) is 0 Å². The van der Waals surface area contributed by atoms with Crippen LogP contribution < -0.4 is 0 Å². The summed E-state index contributed by atoms with van der Waals surface area (Å²) in [4.78, 5) is -0.150. The highest BCUT2D eigenvalue weighted by Gasteiger charge is 2.14. The molecule has 5 heteroatoms. The Labute approximate surface area is 108 Å². The van der Waals surface area contributed by atoms with Gasteiger partial charge in [0.05, 0.1) is 20.8 Å². The molecule has 0 atom stereocenters. The van der Waals surface area contributed by atoms with Crippen LogP contribution in [-0.4, -0.2) is 28.2 Å². The van der Waals surface area contributed by atoms with Gasteiger partial charge in [-0.15, -0.1) is 0 Å². The zero-order valence-corrected chi connectivity index (χ0v) is 10.6. The fraction of sp³-hybridized carbons (Fsp3) is 0.500. The average Bonchev–Trinajstić information content (AvgIpc) is 2.25. The zero-order chi connectivity index (χ0) is 16.3. The van der Waals surface area contributed by atoms with Crippen LogP contribution in [0.5, 0.6) is 0 Å². The summed E-state index contributed by atoms with van der Waals surface area (Å²) in [5.74, 6) is 0. The van der Waals surface area contributed by atoms with Gasteiger partial charge in [-0.1, -0.05) is 24.6 Å². The molecule has 1 aromatic rings. The molecule has 0 bridgehead atoms. The van der Waals surface area contributed by atoms with E-state index in [1.165, 1.54) is 19.1 Å². The largest absolute Gasteiger partial charge is 0.379 e. The van der Waals surface area contributed by atoms with Crippen molar-refractivity contribution in [2.45, 2.75) is 25.1 Å². The third-order valence-electron chi connectivity index (χ3n) is 1.89. The number of rotatable bonds is 7. The first-order valence-electron chi connectivity index (χ1n) is 7.01. The molecule has 0 N–H and O–H groups in total. The van der Waals surface area contributed by atoms with Gasteiger partial charge in [0.1, 0.15) is 0 Å². The van der Waals surface area contributed by atoms with Crippen LogP contribution in [0, 0.1) is 6.92 Å². The molecule has 1 rings (SSSR count). The first kappa shape index (κ1) is 9.08. The maximum Gasteiger partial charge on any atom is 0.297 e. The molecular weight excluding hydrogens is 240 g/mol. The SMILES string of the molecule is [2H]C([2H])(C)COCC([2H])([2H])OS(=O)(=O)c1ccc(C)cc1. The zero-order valence-electron chi connectivity index (χ0n) is 13.8. The van der Waals surface area contributed by atoms with Crippen LogP contribution in [0.4, 0.5) is 0 Å². The normalized spacial score (nSPS) is 16.8. The molecule has 0 heterocycles. The lowest BCUT2D eigenvalue weighted by Crippen LogP contribution is -2.11. The average molecular weight is 262 g/mol. The van der Waals surface area contributed by atoms with Gasteiger partial charge in [-0.05, 0) is 25.4 Å². The maximum absolute atomic E-state index is 11.9. The van der Waals surface area contributed by atoms with Gasteiger partial charge in [-0.2, -0.15) is 8.42 Å². The van der Waals surface area contributed by atoms with Crippen molar-refractivity contribution in [1.29, 1.82) is 0 Å². The fourth-order valence-electron chi connectivity index (χ4n) is 1.05. The summed E-state index contributed by atoms with van der Waals surface area (Å²) in [5, 5.41) is 0. The van der Waals surface area contributed by atoms with Gasteiger partial charge in [-0.3, -0.25) is 4.18 Å². The molecule has 0 aliphatic rings. The summed E-state index contributed by atoms with van der Waals surface area (Å²) in [6, 6.07) is 5.81. The molecule has 0 aliphatic heterocycles. The van der Waals surface area contributed by atoms with Crippen molar-refractivity contribution >= 4 is 10.1 Å². The predicted molar refractivity (Wildman–Crippen MR) is 65.4 cm³/mol. The Morgan fingerprint density at radius 3 is 2.47 bits per heavy atom. The Balaban J connectivity index is 2.71. The molecule has 0 saturated carbocycles. The first-order chi connectivity index (χ1) is 9.41. The standard InChI is InChI=1S/C12H18O4S/c1-3-8-15-9-10-16-17(13,14)12-6-4-11(2)5-7-12/h4-7H,3,8-10H2,1-2H3/i3D2,10D2. The van der Waals surface area contributed by atoms with Gasteiger partial charge in [0.2, 0.25) is 0 Å². The van der Waals surface area contributed by atoms with Crippen molar-refractivity contribution in [3.05, 3.63) is 29.8 Å². The maximum atomic E-state index is 11.9. The quantitative estimate of drug-likeness (QED) is 0.706. The van der Waals surface area contributed by atoms with Crippen LogP contribution in [0.25, 0.3) is 0 Å². The number of ether oxygens (including phenoxy) is 1. The Hall–Kier alpha value is -0.910. The van der Waals surface area contributed by atoms with Gasteiger partial charge in [0.15, 0.2) is 0 Å². The van der Waals surface area contributed by atoms with Crippen LogP contribution >= 0.6 is 0 Å². The van der Waals surface area contributed by atoms with Gasteiger partial charge >= 0.3 is 0 Å². The number of aryl methyl sites for hydroxylation is 1. The molecule has 0 fully saturated rings. The summed E-state index contributed by atoms with van der Waals surface area (Å²) < 4.78 is 62.7. The Morgan fingerprint density at radius 2 is 1.88 bits per heavy atom. The van der Waals surface area contributed by atoms with Gasteiger partial charge < -0.3 is 4.74 Å². The Kier molecular flexibility index (Phi) is 3.60. The van der Waals surface area contributed by atoms with E-state index >= 15 is 0 Å². The van der Waals surface area contributed by atoms with Crippen molar-refractivity contribution < 1.29 is 22.8 Å². The minimum atomic E-state index is -4.25. The van der Waals surface area contributed by atoms with E-state index in [0.29, 0.717) is 0 Å². The van der Waals surface area contributed by atoms with Gasteiger partial charge in [-0.25, -0.2) is 0 Å². The molecule has 0 radical (unpaired) electrons. The van der Waals surface area contributed by atoms with E-state index in [-0.39, 0.29) is 11.5 Å². The second-order valence-electron chi connectivity index (χ2n) is 3.34. The lowest BCUT2D eigenvalue weighted by Gasteiger charge is -2.06. The second-order valence-corrected chi connectivity index (χ2v) is 4.89. The van der Waals surface area contributed by atoms with E-state index in [9.17, 15) is 8.42 Å². The smallest absolute Gasteiger partial charge is 0.297 e.